The molecule has 0 amide bonds. The van der Waals surface area contributed by atoms with Crippen LogP contribution in [0.2, 0.25) is 0 Å². The van der Waals surface area contributed by atoms with Gasteiger partial charge in [0.25, 0.3) is 0 Å². The average molecular weight is 311 g/mol. The molecule has 1 aromatic carbocycles. The third kappa shape index (κ3) is 3.08. The summed E-state index contributed by atoms with van der Waals surface area (Å²) in [5.74, 6) is 2.74. The van der Waals surface area contributed by atoms with Gasteiger partial charge in [-0.25, -0.2) is 0 Å². The van der Waals surface area contributed by atoms with Crippen LogP contribution < -0.4 is 4.74 Å². The first kappa shape index (κ1) is 13.9. The van der Waals surface area contributed by atoms with Crippen molar-refractivity contribution in [2.75, 3.05) is 6.61 Å². The third-order valence-corrected chi connectivity index (χ3v) is 3.75. The molecular formula is C16H17N5O2. The van der Waals surface area contributed by atoms with Crippen LogP contribution in [0.5, 0.6) is 5.75 Å². The maximum atomic E-state index is 5.43. The molecule has 0 bridgehead atoms. The minimum absolute atomic E-state index is 0.434. The van der Waals surface area contributed by atoms with Gasteiger partial charge in [0.1, 0.15) is 12.3 Å². The zero-order valence-electron chi connectivity index (χ0n) is 12.8. The molecule has 118 valence electrons. The summed E-state index contributed by atoms with van der Waals surface area (Å²) in [5, 5.41) is 16.6. The quantitative estimate of drug-likeness (QED) is 0.696. The first-order valence-corrected chi connectivity index (χ1v) is 7.78. The zero-order chi connectivity index (χ0) is 15.6. The normalized spacial score (nSPS) is 14.1. The average Bonchev–Trinajstić information content (AvgIpc) is 3.14. The number of benzene rings is 1. The molecular weight excluding hydrogens is 294 g/mol. The molecule has 2 heterocycles. The largest absolute Gasteiger partial charge is 0.494 e. The van der Waals surface area contributed by atoms with E-state index in [2.05, 4.69) is 20.6 Å². The molecule has 1 aliphatic rings. The predicted octanol–water partition coefficient (Wildman–Crippen LogP) is 2.65. The van der Waals surface area contributed by atoms with Crippen LogP contribution in [0.1, 0.15) is 37.1 Å². The predicted molar refractivity (Wildman–Crippen MR) is 82.0 cm³/mol. The highest BCUT2D eigenvalue weighted by molar-refractivity contribution is 5.55. The summed E-state index contributed by atoms with van der Waals surface area (Å²) in [4.78, 5) is 1.52. The Balaban J connectivity index is 1.46. The van der Waals surface area contributed by atoms with E-state index in [9.17, 15) is 0 Å². The van der Waals surface area contributed by atoms with Crippen molar-refractivity contribution >= 4 is 0 Å². The lowest BCUT2D eigenvalue weighted by Gasteiger charge is -2.02. The fourth-order valence-electron chi connectivity index (χ4n) is 2.41. The molecule has 0 radical (unpaired) electrons. The van der Waals surface area contributed by atoms with Crippen molar-refractivity contribution < 1.29 is 9.26 Å². The van der Waals surface area contributed by atoms with E-state index in [-0.39, 0.29) is 0 Å². The maximum Gasteiger partial charge on any atom is 0.204 e. The Morgan fingerprint density at radius 2 is 2.09 bits per heavy atom. The summed E-state index contributed by atoms with van der Waals surface area (Å²) < 4.78 is 10.8. The van der Waals surface area contributed by atoms with Gasteiger partial charge in [-0.05, 0) is 49.2 Å². The number of rotatable bonds is 6. The summed E-state index contributed by atoms with van der Waals surface area (Å²) in [6.07, 6.45) is 2.41. The second-order valence-electron chi connectivity index (χ2n) is 5.59. The number of hydrogen-bond donors (Lipinski definition) is 0. The minimum Gasteiger partial charge on any atom is -0.494 e. The highest BCUT2D eigenvalue weighted by Crippen LogP contribution is 2.39. The van der Waals surface area contributed by atoms with Crippen LogP contribution in [0.15, 0.2) is 34.9 Å². The van der Waals surface area contributed by atoms with Gasteiger partial charge in [0.05, 0.1) is 12.3 Å². The van der Waals surface area contributed by atoms with Gasteiger partial charge in [-0.3, -0.25) is 0 Å². The van der Waals surface area contributed by atoms with Crippen LogP contribution in [0, 0.1) is 0 Å². The number of ether oxygens (including phenoxy) is 1. The van der Waals surface area contributed by atoms with E-state index in [4.69, 9.17) is 9.26 Å². The molecule has 0 aliphatic heterocycles. The molecule has 1 aliphatic carbocycles. The highest BCUT2D eigenvalue weighted by atomic mass is 16.5. The van der Waals surface area contributed by atoms with Crippen LogP contribution in [0.3, 0.4) is 0 Å². The second kappa shape index (κ2) is 5.83. The Bertz CT molecular complexity index is 789. The van der Waals surface area contributed by atoms with Crippen molar-refractivity contribution in [2.45, 2.75) is 32.2 Å². The van der Waals surface area contributed by atoms with Gasteiger partial charge in [-0.1, -0.05) is 5.16 Å². The van der Waals surface area contributed by atoms with Crippen molar-refractivity contribution in [1.29, 1.82) is 0 Å². The Morgan fingerprint density at radius 1 is 1.26 bits per heavy atom. The molecule has 0 N–H and O–H groups in total. The number of aromatic nitrogens is 5. The van der Waals surface area contributed by atoms with Crippen molar-refractivity contribution in [3.8, 4) is 17.1 Å². The molecule has 0 spiro atoms. The lowest BCUT2D eigenvalue weighted by Crippen LogP contribution is -2.03. The summed E-state index contributed by atoms with van der Waals surface area (Å²) in [6.45, 7) is 3.04. The SMILES string of the molecule is CCOc1ccc(-c2nnn(Cc3cc(C4CC4)no3)n2)cc1. The molecule has 7 nitrogen and oxygen atoms in total. The van der Waals surface area contributed by atoms with Gasteiger partial charge in [0.2, 0.25) is 5.82 Å². The number of nitrogens with zero attached hydrogens (tertiary/aromatic N) is 5. The number of tetrazole rings is 1. The lowest BCUT2D eigenvalue weighted by molar-refractivity contribution is 0.340. The Kier molecular flexibility index (Phi) is 3.53. The zero-order valence-corrected chi connectivity index (χ0v) is 12.8. The summed E-state index contributed by atoms with van der Waals surface area (Å²) in [5.41, 5.74) is 1.93. The standard InChI is InChI=1S/C16H17N5O2/c1-2-22-13-7-5-12(6-8-13)16-17-20-21(18-16)10-14-9-15(19-23-14)11-3-4-11/h5-9,11H,2-4,10H2,1H3. The maximum absolute atomic E-state index is 5.43. The molecule has 7 heteroatoms. The fourth-order valence-corrected chi connectivity index (χ4v) is 2.41. The van der Waals surface area contributed by atoms with Crippen LogP contribution in [-0.2, 0) is 6.54 Å². The van der Waals surface area contributed by atoms with E-state index in [1.807, 2.05) is 37.3 Å². The molecule has 23 heavy (non-hydrogen) atoms. The topological polar surface area (TPSA) is 78.9 Å². The fraction of sp³-hybridized carbons (Fsp3) is 0.375. The third-order valence-electron chi connectivity index (χ3n) is 3.75. The molecule has 0 unspecified atom stereocenters. The van der Waals surface area contributed by atoms with E-state index in [0.717, 1.165) is 22.8 Å². The second-order valence-corrected chi connectivity index (χ2v) is 5.59. The van der Waals surface area contributed by atoms with Gasteiger partial charge in [-0.15, -0.1) is 10.2 Å². The van der Waals surface area contributed by atoms with E-state index in [0.29, 0.717) is 24.9 Å². The smallest absolute Gasteiger partial charge is 0.204 e. The lowest BCUT2D eigenvalue weighted by atomic mass is 10.2. The van der Waals surface area contributed by atoms with E-state index < -0.39 is 0 Å². The Hall–Kier alpha value is -2.70. The van der Waals surface area contributed by atoms with Crippen molar-refractivity contribution in [3.05, 3.63) is 41.8 Å². The van der Waals surface area contributed by atoms with E-state index >= 15 is 0 Å². The van der Waals surface area contributed by atoms with Crippen LogP contribution in [-0.4, -0.2) is 32.0 Å². The molecule has 3 aromatic rings. The van der Waals surface area contributed by atoms with Gasteiger partial charge >= 0.3 is 0 Å². The van der Waals surface area contributed by atoms with E-state index in [1.54, 1.807) is 0 Å². The molecule has 1 saturated carbocycles. The minimum atomic E-state index is 0.434. The van der Waals surface area contributed by atoms with Crippen LogP contribution >= 0.6 is 0 Å². The molecule has 0 saturated heterocycles. The monoisotopic (exact) mass is 311 g/mol. The first-order valence-electron chi connectivity index (χ1n) is 7.78. The van der Waals surface area contributed by atoms with Gasteiger partial charge in [0, 0.05) is 17.5 Å². The van der Waals surface area contributed by atoms with E-state index in [1.165, 1.54) is 17.6 Å². The first-order chi connectivity index (χ1) is 11.3. The van der Waals surface area contributed by atoms with Crippen molar-refractivity contribution in [3.63, 3.8) is 0 Å². The van der Waals surface area contributed by atoms with Crippen molar-refractivity contribution in [2.24, 2.45) is 0 Å². The van der Waals surface area contributed by atoms with Gasteiger partial charge < -0.3 is 9.26 Å². The summed E-state index contributed by atoms with van der Waals surface area (Å²) in [6, 6.07) is 9.63. The number of hydrogen-bond acceptors (Lipinski definition) is 6. The molecule has 0 atom stereocenters. The van der Waals surface area contributed by atoms with Crippen molar-refractivity contribution in [1.82, 2.24) is 25.4 Å². The Morgan fingerprint density at radius 3 is 2.83 bits per heavy atom. The highest BCUT2D eigenvalue weighted by Gasteiger charge is 2.27. The molecule has 2 aromatic heterocycles. The molecule has 4 rings (SSSR count). The molecule has 1 fully saturated rings. The van der Waals surface area contributed by atoms with Crippen LogP contribution in [0.25, 0.3) is 11.4 Å². The van der Waals surface area contributed by atoms with Gasteiger partial charge in [0.15, 0.2) is 5.76 Å². The summed E-state index contributed by atoms with van der Waals surface area (Å²) in [7, 11) is 0. The summed E-state index contributed by atoms with van der Waals surface area (Å²) >= 11 is 0. The Labute approximate surface area is 133 Å². The van der Waals surface area contributed by atoms with Gasteiger partial charge in [-0.2, -0.15) is 4.80 Å². The van der Waals surface area contributed by atoms with Crippen LogP contribution in [0.4, 0.5) is 0 Å².